The summed E-state index contributed by atoms with van der Waals surface area (Å²) in [4.78, 5) is 24.2. The van der Waals surface area contributed by atoms with Crippen molar-refractivity contribution < 1.29 is 28.5 Å². The van der Waals surface area contributed by atoms with Crippen LogP contribution in [0.25, 0.3) is 0 Å². The van der Waals surface area contributed by atoms with Crippen LogP contribution in [0.15, 0.2) is 42.5 Å². The zero-order valence-electron chi connectivity index (χ0n) is 16.1. The van der Waals surface area contributed by atoms with E-state index < -0.39 is 18.0 Å². The maximum absolute atomic E-state index is 12.2. The molecule has 7 nitrogen and oxygen atoms in total. The zero-order chi connectivity index (χ0) is 20.1. The number of hydrogen-bond acceptors (Lipinski definition) is 6. The van der Waals surface area contributed by atoms with E-state index in [4.69, 9.17) is 18.9 Å². The van der Waals surface area contributed by atoms with Gasteiger partial charge in [-0.3, -0.25) is 4.79 Å². The Labute approximate surface area is 163 Å². The molecule has 3 rings (SSSR count). The van der Waals surface area contributed by atoms with E-state index >= 15 is 0 Å². The summed E-state index contributed by atoms with van der Waals surface area (Å²) in [5.41, 5.74) is 1.71. The topological polar surface area (TPSA) is 83.1 Å². The van der Waals surface area contributed by atoms with Crippen LogP contribution in [0.3, 0.4) is 0 Å². The molecule has 1 aliphatic rings. The number of fused-ring (bicyclic) bond motifs is 1. The van der Waals surface area contributed by atoms with E-state index in [9.17, 15) is 9.59 Å². The number of nitrogens with one attached hydrogen (secondary N) is 1. The van der Waals surface area contributed by atoms with Crippen LogP contribution < -0.4 is 19.5 Å². The zero-order valence-corrected chi connectivity index (χ0v) is 16.1. The molecule has 0 spiro atoms. The number of carbonyl (C=O) groups is 2. The number of carbonyl (C=O) groups excluding carboxylic acids is 2. The van der Waals surface area contributed by atoms with Crippen LogP contribution in [0.5, 0.6) is 17.2 Å². The highest BCUT2D eigenvalue weighted by atomic mass is 16.7. The Morgan fingerprint density at radius 2 is 1.75 bits per heavy atom. The molecule has 0 radical (unpaired) electrons. The van der Waals surface area contributed by atoms with Gasteiger partial charge in [-0.25, -0.2) is 4.79 Å². The Kier molecular flexibility index (Phi) is 6.03. The SMILES string of the molecule is CC(C)c1ccc(OCC(=O)O[C@H](C)C(=O)Nc2ccc3c(c2)OCO3)cc1. The molecule has 28 heavy (non-hydrogen) atoms. The second kappa shape index (κ2) is 8.65. The Balaban J connectivity index is 1.46. The molecular weight excluding hydrogens is 362 g/mol. The van der Waals surface area contributed by atoms with Crippen molar-refractivity contribution in [2.45, 2.75) is 32.8 Å². The highest BCUT2D eigenvalue weighted by Crippen LogP contribution is 2.34. The van der Waals surface area contributed by atoms with Gasteiger partial charge in [0.25, 0.3) is 5.91 Å². The van der Waals surface area contributed by atoms with Gasteiger partial charge in [-0.1, -0.05) is 26.0 Å². The van der Waals surface area contributed by atoms with Gasteiger partial charge in [0.1, 0.15) is 5.75 Å². The third-order valence-corrected chi connectivity index (χ3v) is 4.22. The number of anilines is 1. The van der Waals surface area contributed by atoms with Crippen LogP contribution in [-0.4, -0.2) is 31.4 Å². The fourth-order valence-corrected chi connectivity index (χ4v) is 2.59. The highest BCUT2D eigenvalue weighted by Gasteiger charge is 2.20. The van der Waals surface area contributed by atoms with Crippen molar-refractivity contribution in [3.05, 3.63) is 48.0 Å². The van der Waals surface area contributed by atoms with Gasteiger partial charge < -0.3 is 24.3 Å². The van der Waals surface area contributed by atoms with Crippen LogP contribution in [-0.2, 0) is 14.3 Å². The van der Waals surface area contributed by atoms with Crippen molar-refractivity contribution in [3.8, 4) is 17.2 Å². The molecule has 7 heteroatoms. The van der Waals surface area contributed by atoms with Gasteiger partial charge in [-0.2, -0.15) is 0 Å². The highest BCUT2D eigenvalue weighted by molar-refractivity contribution is 5.95. The Bertz CT molecular complexity index is 846. The quantitative estimate of drug-likeness (QED) is 0.735. The maximum Gasteiger partial charge on any atom is 0.344 e. The normalized spacial score (nSPS) is 13.1. The molecule has 0 fully saturated rings. The molecule has 0 aliphatic carbocycles. The first-order valence-corrected chi connectivity index (χ1v) is 9.05. The van der Waals surface area contributed by atoms with E-state index in [-0.39, 0.29) is 13.4 Å². The van der Waals surface area contributed by atoms with E-state index in [0.717, 1.165) is 0 Å². The number of ether oxygens (including phenoxy) is 4. The van der Waals surface area contributed by atoms with Crippen LogP contribution in [0.4, 0.5) is 5.69 Å². The number of rotatable bonds is 7. The van der Waals surface area contributed by atoms with Gasteiger partial charge in [0.05, 0.1) is 0 Å². The van der Waals surface area contributed by atoms with Crippen LogP contribution >= 0.6 is 0 Å². The molecule has 1 amide bonds. The molecule has 1 aliphatic heterocycles. The molecule has 1 atom stereocenters. The van der Waals surface area contributed by atoms with E-state index in [0.29, 0.717) is 28.9 Å². The van der Waals surface area contributed by atoms with Crippen molar-refractivity contribution in [3.63, 3.8) is 0 Å². The molecule has 0 saturated carbocycles. The molecule has 2 aromatic rings. The van der Waals surface area contributed by atoms with E-state index in [1.807, 2.05) is 12.1 Å². The third-order valence-electron chi connectivity index (χ3n) is 4.22. The summed E-state index contributed by atoms with van der Waals surface area (Å²) in [7, 11) is 0. The predicted octanol–water partition coefficient (Wildman–Crippen LogP) is 3.49. The van der Waals surface area contributed by atoms with Gasteiger partial charge in [0.15, 0.2) is 24.2 Å². The molecule has 0 aromatic heterocycles. The number of esters is 1. The molecule has 0 unspecified atom stereocenters. The van der Waals surface area contributed by atoms with E-state index in [1.54, 1.807) is 30.3 Å². The lowest BCUT2D eigenvalue weighted by Gasteiger charge is -2.14. The van der Waals surface area contributed by atoms with Gasteiger partial charge in [-0.15, -0.1) is 0 Å². The molecule has 2 aromatic carbocycles. The molecule has 148 valence electrons. The van der Waals surface area contributed by atoms with Gasteiger partial charge >= 0.3 is 5.97 Å². The smallest absolute Gasteiger partial charge is 0.344 e. The van der Waals surface area contributed by atoms with E-state index in [2.05, 4.69) is 19.2 Å². The summed E-state index contributed by atoms with van der Waals surface area (Å²) in [5.74, 6) is 1.09. The summed E-state index contributed by atoms with van der Waals surface area (Å²) in [6.45, 7) is 5.58. The van der Waals surface area contributed by atoms with Gasteiger partial charge in [0.2, 0.25) is 6.79 Å². The Morgan fingerprint density at radius 3 is 2.46 bits per heavy atom. The molecular formula is C21H23NO6. The molecule has 1 heterocycles. The minimum absolute atomic E-state index is 0.154. The monoisotopic (exact) mass is 385 g/mol. The van der Waals surface area contributed by atoms with Crippen LogP contribution in [0, 0.1) is 0 Å². The summed E-state index contributed by atoms with van der Waals surface area (Å²) in [6.07, 6.45) is -0.968. The first-order chi connectivity index (χ1) is 13.4. The predicted molar refractivity (Wildman–Crippen MR) is 103 cm³/mol. The average Bonchev–Trinajstić information content (AvgIpc) is 3.14. The fraction of sp³-hybridized carbons (Fsp3) is 0.333. The number of benzene rings is 2. The molecule has 1 N–H and O–H groups in total. The minimum Gasteiger partial charge on any atom is -0.482 e. The standard InChI is InChI=1S/C21H23NO6/c1-13(2)15-4-7-17(8-5-15)25-11-20(23)28-14(3)21(24)22-16-6-9-18-19(10-16)27-12-26-18/h4-10,13-14H,11-12H2,1-3H3,(H,22,24)/t14-/m1/s1. The van der Waals surface area contributed by atoms with Crippen molar-refractivity contribution >= 4 is 17.6 Å². The number of amides is 1. The molecule has 0 saturated heterocycles. The lowest BCUT2D eigenvalue weighted by atomic mass is 10.0. The summed E-state index contributed by atoms with van der Waals surface area (Å²) in [5, 5.41) is 2.67. The Hall–Kier alpha value is -3.22. The lowest BCUT2D eigenvalue weighted by Crippen LogP contribution is -2.31. The largest absolute Gasteiger partial charge is 0.482 e. The summed E-state index contributed by atoms with van der Waals surface area (Å²) < 4.78 is 21.0. The van der Waals surface area contributed by atoms with Crippen LogP contribution in [0.1, 0.15) is 32.3 Å². The van der Waals surface area contributed by atoms with Crippen molar-refractivity contribution in [2.24, 2.45) is 0 Å². The van der Waals surface area contributed by atoms with Gasteiger partial charge in [0, 0.05) is 11.8 Å². The van der Waals surface area contributed by atoms with Crippen molar-refractivity contribution in [2.75, 3.05) is 18.7 Å². The van der Waals surface area contributed by atoms with Crippen molar-refractivity contribution in [1.29, 1.82) is 0 Å². The van der Waals surface area contributed by atoms with Crippen molar-refractivity contribution in [1.82, 2.24) is 0 Å². The third kappa shape index (κ3) is 4.94. The van der Waals surface area contributed by atoms with Gasteiger partial charge in [-0.05, 0) is 42.7 Å². The number of hydrogen-bond donors (Lipinski definition) is 1. The summed E-state index contributed by atoms with van der Waals surface area (Å²) in [6, 6.07) is 12.5. The average molecular weight is 385 g/mol. The second-order valence-electron chi connectivity index (χ2n) is 6.70. The van der Waals surface area contributed by atoms with E-state index in [1.165, 1.54) is 12.5 Å². The second-order valence-corrected chi connectivity index (χ2v) is 6.70. The maximum atomic E-state index is 12.2. The first kappa shape index (κ1) is 19.5. The summed E-state index contributed by atoms with van der Waals surface area (Å²) >= 11 is 0. The van der Waals surface area contributed by atoms with Crippen LogP contribution in [0.2, 0.25) is 0 Å². The minimum atomic E-state index is -0.968. The lowest BCUT2D eigenvalue weighted by molar-refractivity contribution is -0.155. The molecule has 0 bridgehead atoms. The fourth-order valence-electron chi connectivity index (χ4n) is 2.59. The Morgan fingerprint density at radius 1 is 1.04 bits per heavy atom. The first-order valence-electron chi connectivity index (χ1n) is 9.05.